The van der Waals surface area contributed by atoms with E-state index in [1.807, 2.05) is 16.8 Å². The summed E-state index contributed by atoms with van der Waals surface area (Å²) < 4.78 is 41.6. The van der Waals surface area contributed by atoms with Gasteiger partial charge in [0.1, 0.15) is 17.8 Å². The molecule has 2 aromatic carbocycles. The second-order valence-electron chi connectivity index (χ2n) is 8.67. The second-order valence-corrected chi connectivity index (χ2v) is 8.67. The third kappa shape index (κ3) is 4.61. The molecule has 0 spiro atoms. The SMILES string of the molecule is Nc1ncnc2c1c(-c1ccc(CNC(=O)c3ccccc3C(F)(F)F)cc1)nn2[C@@H]1CCCNC1. The van der Waals surface area contributed by atoms with Crippen molar-refractivity contribution in [2.24, 2.45) is 0 Å². The van der Waals surface area contributed by atoms with Gasteiger partial charge in [-0.05, 0) is 37.1 Å². The molecule has 1 fully saturated rings. The van der Waals surface area contributed by atoms with E-state index in [-0.39, 0.29) is 12.6 Å². The highest BCUT2D eigenvalue weighted by atomic mass is 19.4. The van der Waals surface area contributed by atoms with Gasteiger partial charge in [0.05, 0.1) is 22.6 Å². The van der Waals surface area contributed by atoms with Gasteiger partial charge >= 0.3 is 6.18 Å². The lowest BCUT2D eigenvalue weighted by Crippen LogP contribution is -2.32. The van der Waals surface area contributed by atoms with Crippen LogP contribution in [0.2, 0.25) is 0 Å². The molecule has 1 atom stereocenters. The lowest BCUT2D eigenvalue weighted by molar-refractivity contribution is -0.137. The minimum absolute atomic E-state index is 0.0689. The molecule has 1 aliphatic rings. The first kappa shape index (κ1) is 23.7. The van der Waals surface area contributed by atoms with Crippen molar-refractivity contribution in [2.45, 2.75) is 31.6 Å². The summed E-state index contributed by atoms with van der Waals surface area (Å²) >= 11 is 0. The molecule has 0 aliphatic carbocycles. The molecule has 1 aliphatic heterocycles. The van der Waals surface area contributed by atoms with Crippen molar-refractivity contribution < 1.29 is 18.0 Å². The Kier molecular flexibility index (Phi) is 6.31. The maximum absolute atomic E-state index is 13.2. The van der Waals surface area contributed by atoms with Crippen LogP contribution in [0.3, 0.4) is 0 Å². The number of rotatable bonds is 5. The molecule has 8 nitrogen and oxygen atoms in total. The fourth-order valence-corrected chi connectivity index (χ4v) is 4.48. The summed E-state index contributed by atoms with van der Waals surface area (Å²) in [5, 5.41) is 11.5. The van der Waals surface area contributed by atoms with E-state index in [2.05, 4.69) is 20.6 Å². The Morgan fingerprint density at radius 1 is 1.14 bits per heavy atom. The summed E-state index contributed by atoms with van der Waals surface area (Å²) in [5.41, 5.74) is 7.67. The topological polar surface area (TPSA) is 111 Å². The number of hydrogen-bond acceptors (Lipinski definition) is 6. The first-order valence-electron chi connectivity index (χ1n) is 11.6. The Labute approximate surface area is 204 Å². The van der Waals surface area contributed by atoms with Gasteiger partial charge in [0.2, 0.25) is 0 Å². The van der Waals surface area contributed by atoms with Crippen molar-refractivity contribution in [2.75, 3.05) is 18.8 Å². The van der Waals surface area contributed by atoms with E-state index in [9.17, 15) is 18.0 Å². The van der Waals surface area contributed by atoms with Gasteiger partial charge in [-0.1, -0.05) is 36.4 Å². The number of hydrogen-bond donors (Lipinski definition) is 3. The number of amides is 1. The van der Waals surface area contributed by atoms with E-state index in [1.54, 1.807) is 12.1 Å². The van der Waals surface area contributed by atoms with E-state index in [1.165, 1.54) is 18.5 Å². The predicted octanol–water partition coefficient (Wildman–Crippen LogP) is 3.95. The number of fused-ring (bicyclic) bond motifs is 1. The number of carbonyl (C=O) groups excluding carboxylic acids is 1. The molecule has 4 aromatic rings. The number of piperidine rings is 1. The number of nitrogens with one attached hydrogen (secondary N) is 2. The van der Waals surface area contributed by atoms with Crippen LogP contribution in [0, 0.1) is 0 Å². The van der Waals surface area contributed by atoms with Crippen LogP contribution in [0.25, 0.3) is 22.3 Å². The molecule has 186 valence electrons. The van der Waals surface area contributed by atoms with Crippen LogP contribution < -0.4 is 16.4 Å². The van der Waals surface area contributed by atoms with Gasteiger partial charge in [0.25, 0.3) is 5.91 Å². The first-order chi connectivity index (χ1) is 17.3. The molecule has 3 heterocycles. The Morgan fingerprint density at radius 3 is 2.64 bits per heavy atom. The number of anilines is 1. The molecule has 11 heteroatoms. The van der Waals surface area contributed by atoms with Crippen molar-refractivity contribution in [3.8, 4) is 11.3 Å². The lowest BCUT2D eigenvalue weighted by Gasteiger charge is -2.23. The molecule has 0 bridgehead atoms. The molecule has 36 heavy (non-hydrogen) atoms. The van der Waals surface area contributed by atoms with Gasteiger partial charge in [-0.15, -0.1) is 0 Å². The summed E-state index contributed by atoms with van der Waals surface area (Å²) in [6.45, 7) is 1.83. The van der Waals surface area contributed by atoms with E-state index in [4.69, 9.17) is 10.8 Å². The number of aromatic nitrogens is 4. The predicted molar refractivity (Wildman–Crippen MR) is 129 cm³/mol. The van der Waals surface area contributed by atoms with Crippen LogP contribution in [0.1, 0.15) is 40.4 Å². The van der Waals surface area contributed by atoms with Crippen LogP contribution >= 0.6 is 0 Å². The molecular weight excluding hydrogens is 471 g/mol. The fourth-order valence-electron chi connectivity index (χ4n) is 4.48. The highest BCUT2D eigenvalue weighted by molar-refractivity contribution is 5.98. The number of halogens is 3. The molecule has 1 saturated heterocycles. The monoisotopic (exact) mass is 495 g/mol. The lowest BCUT2D eigenvalue weighted by atomic mass is 10.1. The van der Waals surface area contributed by atoms with Gasteiger partial charge in [-0.2, -0.15) is 18.3 Å². The largest absolute Gasteiger partial charge is 0.417 e. The van der Waals surface area contributed by atoms with Gasteiger partial charge in [-0.3, -0.25) is 4.79 Å². The van der Waals surface area contributed by atoms with E-state index < -0.39 is 23.2 Å². The Morgan fingerprint density at radius 2 is 1.92 bits per heavy atom. The minimum atomic E-state index is -4.61. The molecular formula is C25H24F3N7O. The molecule has 0 radical (unpaired) electrons. The summed E-state index contributed by atoms with van der Waals surface area (Å²) in [6.07, 6.45) is -1.17. The third-order valence-corrected chi connectivity index (χ3v) is 6.29. The van der Waals surface area contributed by atoms with Crippen LogP contribution in [-0.2, 0) is 12.7 Å². The second kappa shape index (κ2) is 9.57. The van der Waals surface area contributed by atoms with Crippen molar-refractivity contribution in [3.63, 3.8) is 0 Å². The number of benzene rings is 2. The normalized spacial score (nSPS) is 16.2. The Bertz CT molecular complexity index is 1390. The summed E-state index contributed by atoms with van der Waals surface area (Å²) in [4.78, 5) is 21.0. The maximum atomic E-state index is 13.2. The van der Waals surface area contributed by atoms with Crippen molar-refractivity contribution >= 4 is 22.8 Å². The quantitative estimate of drug-likeness (QED) is 0.387. The fraction of sp³-hybridized carbons (Fsp3) is 0.280. The summed E-state index contributed by atoms with van der Waals surface area (Å²) in [5.74, 6) is -0.451. The van der Waals surface area contributed by atoms with Crippen LogP contribution in [0.5, 0.6) is 0 Å². The van der Waals surface area contributed by atoms with Gasteiger partial charge < -0.3 is 16.4 Å². The van der Waals surface area contributed by atoms with E-state index >= 15 is 0 Å². The van der Waals surface area contributed by atoms with Crippen LogP contribution in [0.4, 0.5) is 19.0 Å². The molecule has 0 saturated carbocycles. The van der Waals surface area contributed by atoms with Gasteiger partial charge in [0.15, 0.2) is 5.65 Å². The zero-order chi connectivity index (χ0) is 25.3. The maximum Gasteiger partial charge on any atom is 0.417 e. The Balaban J connectivity index is 1.37. The third-order valence-electron chi connectivity index (χ3n) is 6.29. The molecule has 2 aromatic heterocycles. The molecule has 4 N–H and O–H groups in total. The van der Waals surface area contributed by atoms with Crippen molar-refractivity contribution in [1.29, 1.82) is 0 Å². The van der Waals surface area contributed by atoms with E-state index in [0.29, 0.717) is 22.5 Å². The first-order valence-corrected chi connectivity index (χ1v) is 11.6. The molecule has 0 unspecified atom stereocenters. The highest BCUT2D eigenvalue weighted by Crippen LogP contribution is 2.33. The van der Waals surface area contributed by atoms with Crippen molar-refractivity contribution in [3.05, 3.63) is 71.5 Å². The number of nitrogens with two attached hydrogens (primary N) is 1. The average molecular weight is 496 g/mol. The van der Waals surface area contributed by atoms with Crippen LogP contribution in [-0.4, -0.2) is 38.7 Å². The zero-order valence-corrected chi connectivity index (χ0v) is 19.2. The summed E-state index contributed by atoms with van der Waals surface area (Å²) in [6, 6.07) is 12.1. The standard InChI is InChI=1S/C25H24F3N7O/c26-25(27,28)19-6-2-1-5-18(19)24(36)31-12-15-7-9-16(10-8-15)21-20-22(29)32-14-33-23(20)35(34-21)17-4-3-11-30-13-17/h1-2,5-10,14,17,30H,3-4,11-13H2,(H,31,36)(H2,29,32,33)/t17-/m1/s1. The smallest absolute Gasteiger partial charge is 0.383 e. The Hall–Kier alpha value is -3.99. The van der Waals surface area contributed by atoms with Gasteiger partial charge in [-0.25, -0.2) is 14.6 Å². The number of nitrogen functional groups attached to an aromatic ring is 1. The number of alkyl halides is 3. The number of carbonyl (C=O) groups is 1. The molecule has 1 amide bonds. The van der Waals surface area contributed by atoms with Crippen LogP contribution in [0.15, 0.2) is 54.9 Å². The number of nitrogens with zero attached hydrogens (tertiary/aromatic N) is 4. The minimum Gasteiger partial charge on any atom is -0.383 e. The van der Waals surface area contributed by atoms with Crippen molar-refractivity contribution in [1.82, 2.24) is 30.4 Å². The molecule has 5 rings (SSSR count). The summed E-state index contributed by atoms with van der Waals surface area (Å²) in [7, 11) is 0. The van der Waals surface area contributed by atoms with Gasteiger partial charge in [0, 0.05) is 18.7 Å². The average Bonchev–Trinajstić information content (AvgIpc) is 3.29. The van der Waals surface area contributed by atoms with E-state index in [0.717, 1.165) is 49.2 Å². The zero-order valence-electron chi connectivity index (χ0n) is 19.2. The highest BCUT2D eigenvalue weighted by Gasteiger charge is 2.34.